The molecule has 0 saturated heterocycles. The van der Waals surface area contributed by atoms with Gasteiger partial charge >= 0.3 is 6.09 Å². The Morgan fingerprint density at radius 3 is 2.22 bits per heavy atom. The van der Waals surface area contributed by atoms with E-state index in [1.54, 1.807) is 29.7 Å². The van der Waals surface area contributed by atoms with E-state index in [-0.39, 0.29) is 13.2 Å². The molecular weight excluding hydrogens is 296 g/mol. The van der Waals surface area contributed by atoms with Gasteiger partial charge in [0.05, 0.1) is 0 Å². The van der Waals surface area contributed by atoms with Crippen molar-refractivity contribution in [1.82, 2.24) is 10.8 Å². The average Bonchev–Trinajstić information content (AvgIpc) is 2.59. The molecule has 2 aromatic rings. The molecule has 0 aliphatic carbocycles. The molecule has 6 nitrogen and oxygen atoms in total. The number of aryl methyl sites for hydroxylation is 1. The minimum atomic E-state index is -0.581. The van der Waals surface area contributed by atoms with Crippen molar-refractivity contribution in [2.75, 3.05) is 0 Å². The first-order valence-corrected chi connectivity index (χ1v) is 7.08. The molecule has 0 fully saturated rings. The molecule has 6 heteroatoms. The molecular formula is C17H18N2O4. The molecule has 0 heterocycles. The summed E-state index contributed by atoms with van der Waals surface area (Å²) in [7, 11) is 0. The minimum absolute atomic E-state index is 0.210. The third-order valence-electron chi connectivity index (χ3n) is 3.25. The molecule has 0 aromatic heterocycles. The van der Waals surface area contributed by atoms with Gasteiger partial charge in [-0.2, -0.15) is 0 Å². The maximum Gasteiger partial charge on any atom is 0.407 e. The van der Waals surface area contributed by atoms with Gasteiger partial charge in [-0.15, -0.1) is 0 Å². The zero-order valence-corrected chi connectivity index (χ0v) is 12.7. The van der Waals surface area contributed by atoms with Crippen molar-refractivity contribution in [2.45, 2.75) is 20.1 Å². The molecule has 2 rings (SSSR count). The fourth-order valence-electron chi connectivity index (χ4n) is 1.90. The molecule has 0 atom stereocenters. The summed E-state index contributed by atoms with van der Waals surface area (Å²) in [6.45, 7) is 2.49. The van der Waals surface area contributed by atoms with Gasteiger partial charge in [0.2, 0.25) is 0 Å². The first kappa shape index (κ1) is 16.5. The lowest BCUT2D eigenvalue weighted by Gasteiger charge is -2.08. The maximum atomic E-state index is 11.6. The van der Waals surface area contributed by atoms with Crippen LogP contribution >= 0.6 is 0 Å². The Kier molecular flexibility index (Phi) is 5.71. The lowest BCUT2D eigenvalue weighted by atomic mass is 10.1. The fraction of sp³-hybridized carbons (Fsp3) is 0.176. The highest BCUT2D eigenvalue weighted by Crippen LogP contribution is 2.06. The third kappa shape index (κ3) is 5.12. The summed E-state index contributed by atoms with van der Waals surface area (Å²) >= 11 is 0. The molecule has 0 aliphatic heterocycles. The lowest BCUT2D eigenvalue weighted by Crippen LogP contribution is -2.23. The molecule has 0 spiro atoms. The number of hydrogen-bond acceptors (Lipinski definition) is 4. The average molecular weight is 314 g/mol. The largest absolute Gasteiger partial charge is 0.445 e. The number of benzene rings is 2. The maximum absolute atomic E-state index is 11.6. The monoisotopic (exact) mass is 314 g/mol. The molecule has 0 aliphatic rings. The number of carbonyl (C=O) groups is 2. The van der Waals surface area contributed by atoms with Crippen LogP contribution in [0.5, 0.6) is 0 Å². The third-order valence-corrected chi connectivity index (χ3v) is 3.25. The number of alkyl carbamates (subject to hydrolysis) is 1. The van der Waals surface area contributed by atoms with Crippen LogP contribution in [0.4, 0.5) is 4.79 Å². The van der Waals surface area contributed by atoms with Crippen LogP contribution in [0.15, 0.2) is 48.5 Å². The van der Waals surface area contributed by atoms with Crippen molar-refractivity contribution < 1.29 is 19.5 Å². The first-order chi connectivity index (χ1) is 11.1. The van der Waals surface area contributed by atoms with E-state index in [1.807, 2.05) is 31.2 Å². The van der Waals surface area contributed by atoms with Gasteiger partial charge in [-0.05, 0) is 30.2 Å². The highest BCUT2D eigenvalue weighted by molar-refractivity contribution is 5.93. The number of hydrogen-bond donors (Lipinski definition) is 3. The van der Waals surface area contributed by atoms with Gasteiger partial charge in [0.15, 0.2) is 0 Å². The predicted molar refractivity (Wildman–Crippen MR) is 83.9 cm³/mol. The van der Waals surface area contributed by atoms with E-state index in [0.717, 1.165) is 16.7 Å². The molecule has 3 N–H and O–H groups in total. The van der Waals surface area contributed by atoms with Crippen molar-refractivity contribution >= 4 is 12.0 Å². The van der Waals surface area contributed by atoms with E-state index >= 15 is 0 Å². The summed E-state index contributed by atoms with van der Waals surface area (Å²) in [6, 6.07) is 14.2. The summed E-state index contributed by atoms with van der Waals surface area (Å²) in [6.07, 6.45) is -0.511. The Labute approximate surface area is 134 Å². The Morgan fingerprint density at radius 1 is 1.00 bits per heavy atom. The van der Waals surface area contributed by atoms with Gasteiger partial charge in [0.1, 0.15) is 6.61 Å². The molecule has 23 heavy (non-hydrogen) atoms. The van der Waals surface area contributed by atoms with Crippen LogP contribution in [0.1, 0.15) is 27.0 Å². The topological polar surface area (TPSA) is 87.7 Å². The quantitative estimate of drug-likeness (QED) is 0.584. The Balaban J connectivity index is 1.77. The van der Waals surface area contributed by atoms with E-state index in [9.17, 15) is 9.59 Å². The van der Waals surface area contributed by atoms with Crippen molar-refractivity contribution in [2.24, 2.45) is 0 Å². The summed E-state index contributed by atoms with van der Waals surface area (Å²) in [5, 5.41) is 11.2. The Hall–Kier alpha value is -2.86. The van der Waals surface area contributed by atoms with E-state index in [0.29, 0.717) is 5.56 Å². The second-order valence-corrected chi connectivity index (χ2v) is 5.05. The van der Waals surface area contributed by atoms with Gasteiger partial charge < -0.3 is 10.1 Å². The van der Waals surface area contributed by atoms with Crippen LogP contribution in [-0.4, -0.2) is 17.2 Å². The Bertz CT molecular complexity index is 666. The van der Waals surface area contributed by atoms with Gasteiger partial charge in [0, 0.05) is 12.1 Å². The number of amides is 2. The standard InChI is InChI=1S/C17H18N2O4/c1-12-2-4-14(5-3-12)11-23-17(21)18-10-13-6-8-15(9-7-13)16(20)19-22/h2-9,22H,10-11H2,1H3,(H,18,21)(H,19,20). The molecule has 0 bridgehead atoms. The molecule has 0 saturated carbocycles. The smallest absolute Gasteiger partial charge is 0.407 e. The number of carbonyl (C=O) groups excluding carboxylic acids is 2. The van der Waals surface area contributed by atoms with E-state index in [2.05, 4.69) is 5.32 Å². The predicted octanol–water partition coefficient (Wildman–Crippen LogP) is 2.54. The zero-order chi connectivity index (χ0) is 16.7. The summed E-state index contributed by atoms with van der Waals surface area (Å²) in [5.74, 6) is -0.581. The highest BCUT2D eigenvalue weighted by atomic mass is 16.5. The van der Waals surface area contributed by atoms with Crippen LogP contribution in [0.2, 0.25) is 0 Å². The van der Waals surface area contributed by atoms with Crippen molar-refractivity contribution in [3.63, 3.8) is 0 Å². The van der Waals surface area contributed by atoms with Crippen LogP contribution in [0, 0.1) is 6.92 Å². The van der Waals surface area contributed by atoms with Gasteiger partial charge in [0.25, 0.3) is 5.91 Å². The van der Waals surface area contributed by atoms with E-state index < -0.39 is 12.0 Å². The summed E-state index contributed by atoms with van der Waals surface area (Å²) < 4.78 is 5.12. The molecule has 2 aromatic carbocycles. The summed E-state index contributed by atoms with van der Waals surface area (Å²) in [5.41, 5.74) is 4.77. The van der Waals surface area contributed by atoms with E-state index in [4.69, 9.17) is 9.94 Å². The van der Waals surface area contributed by atoms with Crippen LogP contribution in [0.3, 0.4) is 0 Å². The minimum Gasteiger partial charge on any atom is -0.445 e. The van der Waals surface area contributed by atoms with Gasteiger partial charge in [-0.25, -0.2) is 10.3 Å². The molecule has 120 valence electrons. The second kappa shape index (κ2) is 7.95. The first-order valence-electron chi connectivity index (χ1n) is 7.08. The Morgan fingerprint density at radius 2 is 1.61 bits per heavy atom. The van der Waals surface area contributed by atoms with Crippen molar-refractivity contribution in [3.05, 3.63) is 70.8 Å². The highest BCUT2D eigenvalue weighted by Gasteiger charge is 2.05. The number of hydroxylamine groups is 1. The zero-order valence-electron chi connectivity index (χ0n) is 12.7. The van der Waals surface area contributed by atoms with Crippen LogP contribution in [0.25, 0.3) is 0 Å². The fourth-order valence-corrected chi connectivity index (χ4v) is 1.90. The van der Waals surface area contributed by atoms with Gasteiger partial charge in [-0.3, -0.25) is 10.0 Å². The lowest BCUT2D eigenvalue weighted by molar-refractivity contribution is 0.0706. The summed E-state index contributed by atoms with van der Waals surface area (Å²) in [4.78, 5) is 22.8. The van der Waals surface area contributed by atoms with Crippen molar-refractivity contribution in [1.29, 1.82) is 0 Å². The SMILES string of the molecule is Cc1ccc(COC(=O)NCc2ccc(C(=O)NO)cc2)cc1. The van der Waals surface area contributed by atoms with Gasteiger partial charge in [-0.1, -0.05) is 42.0 Å². The molecule has 2 amide bonds. The molecule has 0 unspecified atom stereocenters. The second-order valence-electron chi connectivity index (χ2n) is 5.05. The van der Waals surface area contributed by atoms with Crippen molar-refractivity contribution in [3.8, 4) is 0 Å². The normalized spacial score (nSPS) is 10.0. The van der Waals surface area contributed by atoms with E-state index in [1.165, 1.54) is 0 Å². The number of rotatable bonds is 5. The van der Waals surface area contributed by atoms with Crippen LogP contribution in [-0.2, 0) is 17.9 Å². The molecule has 0 radical (unpaired) electrons. The number of ether oxygens (including phenoxy) is 1. The van der Waals surface area contributed by atoms with Crippen LogP contribution < -0.4 is 10.8 Å². The number of nitrogens with one attached hydrogen (secondary N) is 2.